The molecular formula is C26H25F3. The van der Waals surface area contributed by atoms with E-state index in [9.17, 15) is 8.78 Å². The van der Waals surface area contributed by atoms with Crippen molar-refractivity contribution in [2.24, 2.45) is 0 Å². The molecule has 0 aromatic heterocycles. The van der Waals surface area contributed by atoms with Crippen LogP contribution in [0.2, 0.25) is 0 Å². The van der Waals surface area contributed by atoms with Crippen LogP contribution in [0.1, 0.15) is 49.3 Å². The molecule has 3 aromatic carbocycles. The molecule has 3 heteroatoms. The lowest BCUT2D eigenvalue weighted by atomic mass is 9.82. The molecule has 1 aliphatic rings. The molecule has 0 amide bonds. The van der Waals surface area contributed by atoms with Crippen LogP contribution in [0.3, 0.4) is 0 Å². The third-order valence-corrected chi connectivity index (χ3v) is 5.84. The zero-order chi connectivity index (χ0) is 20.4. The summed E-state index contributed by atoms with van der Waals surface area (Å²) in [6.45, 7) is 2.21. The van der Waals surface area contributed by atoms with Crippen LogP contribution in [0, 0.1) is 17.5 Å². The van der Waals surface area contributed by atoms with Gasteiger partial charge in [0.2, 0.25) is 0 Å². The van der Waals surface area contributed by atoms with Gasteiger partial charge in [0.15, 0.2) is 0 Å². The second-order valence-electron chi connectivity index (χ2n) is 7.91. The maximum absolute atomic E-state index is 15.3. The highest BCUT2D eigenvalue weighted by Gasteiger charge is 2.22. The van der Waals surface area contributed by atoms with Gasteiger partial charge in [-0.05, 0) is 71.2 Å². The van der Waals surface area contributed by atoms with Crippen molar-refractivity contribution < 1.29 is 13.2 Å². The topological polar surface area (TPSA) is 0 Å². The number of unbranched alkanes of at least 4 members (excludes halogenated alkanes) is 3. The maximum atomic E-state index is 15.3. The highest BCUT2D eigenvalue weighted by Crippen LogP contribution is 2.39. The Labute approximate surface area is 170 Å². The van der Waals surface area contributed by atoms with Crippen LogP contribution in [-0.4, -0.2) is 0 Å². The van der Waals surface area contributed by atoms with Gasteiger partial charge in [-0.1, -0.05) is 56.5 Å². The summed E-state index contributed by atoms with van der Waals surface area (Å²) in [6.07, 6.45) is 7.42. The van der Waals surface area contributed by atoms with Crippen LogP contribution in [0.25, 0.3) is 22.3 Å². The summed E-state index contributed by atoms with van der Waals surface area (Å²) in [5.41, 5.74) is 5.68. The Hall–Kier alpha value is -2.55. The van der Waals surface area contributed by atoms with Crippen LogP contribution in [0.5, 0.6) is 0 Å². The van der Waals surface area contributed by atoms with Gasteiger partial charge in [0.1, 0.15) is 17.5 Å². The van der Waals surface area contributed by atoms with Crippen LogP contribution in [0.15, 0.2) is 48.5 Å². The Morgan fingerprint density at radius 1 is 0.724 bits per heavy atom. The number of aryl methyl sites for hydroxylation is 2. The first-order chi connectivity index (χ1) is 14.1. The largest absolute Gasteiger partial charge is 0.207 e. The van der Waals surface area contributed by atoms with E-state index in [4.69, 9.17) is 0 Å². The molecule has 0 saturated carbocycles. The Kier molecular flexibility index (Phi) is 5.75. The van der Waals surface area contributed by atoms with Crippen molar-refractivity contribution in [2.75, 3.05) is 0 Å². The summed E-state index contributed by atoms with van der Waals surface area (Å²) in [5.74, 6) is -1.77. The van der Waals surface area contributed by atoms with E-state index in [0.717, 1.165) is 30.0 Å². The molecule has 0 unspecified atom stereocenters. The molecule has 1 aliphatic carbocycles. The SMILES string of the molecule is CCCCCCc1ccc2c(c1)CCc1c-2ccc(-c2cc(F)cc(F)c2)c1F. The summed E-state index contributed by atoms with van der Waals surface area (Å²) in [7, 11) is 0. The fraction of sp³-hybridized carbons (Fsp3) is 0.308. The predicted octanol–water partition coefficient (Wildman–Crippen LogP) is 7.66. The third kappa shape index (κ3) is 4.10. The molecule has 0 spiro atoms. The normalized spacial score (nSPS) is 12.6. The van der Waals surface area contributed by atoms with Crippen LogP contribution in [0.4, 0.5) is 13.2 Å². The van der Waals surface area contributed by atoms with E-state index in [2.05, 4.69) is 25.1 Å². The van der Waals surface area contributed by atoms with E-state index in [1.165, 1.54) is 48.9 Å². The first-order valence-corrected chi connectivity index (χ1v) is 10.5. The average Bonchev–Trinajstić information content (AvgIpc) is 2.70. The smallest absolute Gasteiger partial charge is 0.134 e. The fourth-order valence-electron chi connectivity index (χ4n) is 4.34. The molecular weight excluding hydrogens is 369 g/mol. The molecule has 0 atom stereocenters. The number of fused-ring (bicyclic) bond motifs is 3. The highest BCUT2D eigenvalue weighted by atomic mass is 19.1. The number of benzene rings is 3. The minimum atomic E-state index is -0.700. The predicted molar refractivity (Wildman–Crippen MR) is 112 cm³/mol. The molecule has 0 nitrogen and oxygen atoms in total. The molecule has 29 heavy (non-hydrogen) atoms. The van der Waals surface area contributed by atoms with Crippen molar-refractivity contribution in [3.05, 3.63) is 82.7 Å². The van der Waals surface area contributed by atoms with Gasteiger partial charge in [0.25, 0.3) is 0 Å². The molecule has 0 saturated heterocycles. The molecule has 0 fully saturated rings. The second kappa shape index (κ2) is 8.44. The standard InChI is InChI=1S/C26H25F3/c1-2-3-4-5-6-17-7-9-22-18(13-17)8-10-25-24(22)12-11-23(26(25)29)19-14-20(27)16-21(28)15-19/h7,9,11-16H,2-6,8,10H2,1H3. The first-order valence-electron chi connectivity index (χ1n) is 10.5. The Morgan fingerprint density at radius 3 is 2.21 bits per heavy atom. The lowest BCUT2D eigenvalue weighted by Gasteiger charge is -2.22. The maximum Gasteiger partial charge on any atom is 0.134 e. The van der Waals surface area contributed by atoms with Gasteiger partial charge in [-0.3, -0.25) is 0 Å². The van der Waals surface area contributed by atoms with Gasteiger partial charge in [0.05, 0.1) is 0 Å². The number of rotatable bonds is 6. The molecule has 0 aliphatic heterocycles. The molecule has 0 radical (unpaired) electrons. The van der Waals surface area contributed by atoms with Gasteiger partial charge in [0, 0.05) is 11.6 Å². The highest BCUT2D eigenvalue weighted by molar-refractivity contribution is 5.78. The summed E-state index contributed by atoms with van der Waals surface area (Å²) in [6, 6.07) is 13.2. The van der Waals surface area contributed by atoms with Gasteiger partial charge in [-0.15, -0.1) is 0 Å². The third-order valence-electron chi connectivity index (χ3n) is 5.84. The van der Waals surface area contributed by atoms with E-state index >= 15 is 4.39 Å². The molecule has 0 bridgehead atoms. The number of halogens is 3. The quantitative estimate of drug-likeness (QED) is 0.377. The molecule has 3 aromatic rings. The summed E-state index contributed by atoms with van der Waals surface area (Å²) < 4.78 is 42.4. The van der Waals surface area contributed by atoms with E-state index in [1.54, 1.807) is 6.07 Å². The number of hydrogen-bond acceptors (Lipinski definition) is 0. The minimum absolute atomic E-state index is 0.232. The Bertz CT molecular complexity index is 1020. The van der Waals surface area contributed by atoms with Gasteiger partial charge < -0.3 is 0 Å². The van der Waals surface area contributed by atoms with Crippen molar-refractivity contribution in [3.8, 4) is 22.3 Å². The summed E-state index contributed by atoms with van der Waals surface area (Å²) in [5, 5.41) is 0. The van der Waals surface area contributed by atoms with Gasteiger partial charge >= 0.3 is 0 Å². The van der Waals surface area contributed by atoms with Crippen molar-refractivity contribution in [2.45, 2.75) is 51.9 Å². The van der Waals surface area contributed by atoms with Crippen LogP contribution >= 0.6 is 0 Å². The van der Waals surface area contributed by atoms with E-state index in [0.29, 0.717) is 12.0 Å². The lowest BCUT2D eigenvalue weighted by Crippen LogP contribution is -2.08. The summed E-state index contributed by atoms with van der Waals surface area (Å²) >= 11 is 0. The van der Waals surface area contributed by atoms with Gasteiger partial charge in [-0.25, -0.2) is 13.2 Å². The Balaban J connectivity index is 1.65. The minimum Gasteiger partial charge on any atom is -0.207 e. The van der Waals surface area contributed by atoms with E-state index < -0.39 is 11.6 Å². The Morgan fingerprint density at radius 2 is 1.45 bits per heavy atom. The number of hydrogen-bond donors (Lipinski definition) is 0. The van der Waals surface area contributed by atoms with Crippen LogP contribution in [-0.2, 0) is 19.3 Å². The van der Waals surface area contributed by atoms with E-state index in [-0.39, 0.29) is 16.9 Å². The molecule has 150 valence electrons. The molecule has 4 rings (SSSR count). The monoisotopic (exact) mass is 394 g/mol. The van der Waals surface area contributed by atoms with Crippen molar-refractivity contribution >= 4 is 0 Å². The summed E-state index contributed by atoms with van der Waals surface area (Å²) in [4.78, 5) is 0. The zero-order valence-corrected chi connectivity index (χ0v) is 16.7. The lowest BCUT2D eigenvalue weighted by molar-refractivity contribution is 0.583. The molecule has 0 N–H and O–H groups in total. The van der Waals surface area contributed by atoms with Crippen molar-refractivity contribution in [1.29, 1.82) is 0 Å². The average molecular weight is 394 g/mol. The van der Waals surface area contributed by atoms with Crippen LogP contribution < -0.4 is 0 Å². The zero-order valence-electron chi connectivity index (χ0n) is 16.7. The first kappa shape index (κ1) is 19.8. The van der Waals surface area contributed by atoms with Crippen molar-refractivity contribution in [1.82, 2.24) is 0 Å². The van der Waals surface area contributed by atoms with Crippen molar-refractivity contribution in [3.63, 3.8) is 0 Å². The fourth-order valence-corrected chi connectivity index (χ4v) is 4.34. The molecule has 0 heterocycles. The van der Waals surface area contributed by atoms with Gasteiger partial charge in [-0.2, -0.15) is 0 Å². The van der Waals surface area contributed by atoms with E-state index in [1.807, 2.05) is 6.07 Å². The second-order valence-corrected chi connectivity index (χ2v) is 7.91.